The van der Waals surface area contributed by atoms with Crippen LogP contribution in [-0.4, -0.2) is 14.9 Å². The van der Waals surface area contributed by atoms with Crippen LogP contribution >= 0.6 is 0 Å². The predicted octanol–water partition coefficient (Wildman–Crippen LogP) is 4.87. The molecule has 4 aromatic rings. The summed E-state index contributed by atoms with van der Waals surface area (Å²) in [5, 5.41) is 12.2. The molecule has 0 aliphatic rings. The molecular formula is C20H13N3O2. The maximum atomic E-state index is 11.4. The molecule has 0 saturated carbocycles. The van der Waals surface area contributed by atoms with E-state index in [9.17, 15) is 10.1 Å². The largest absolute Gasteiger partial charge is 0.278 e. The summed E-state index contributed by atoms with van der Waals surface area (Å²) in [6, 6.07) is 23.8. The highest BCUT2D eigenvalue weighted by molar-refractivity contribution is 5.95. The van der Waals surface area contributed by atoms with Gasteiger partial charge in [0.1, 0.15) is 0 Å². The fraction of sp³-hybridized carbons (Fsp3) is 0. The topological polar surface area (TPSA) is 68.9 Å². The van der Waals surface area contributed by atoms with Crippen LogP contribution in [-0.2, 0) is 0 Å². The number of nitrogens with zero attached hydrogens (tertiary/aromatic N) is 3. The van der Waals surface area contributed by atoms with E-state index in [4.69, 9.17) is 0 Å². The van der Waals surface area contributed by atoms with Crippen molar-refractivity contribution in [1.29, 1.82) is 0 Å². The Morgan fingerprint density at radius 3 is 2.24 bits per heavy atom. The Morgan fingerprint density at radius 2 is 1.44 bits per heavy atom. The summed E-state index contributed by atoms with van der Waals surface area (Å²) in [7, 11) is 0. The summed E-state index contributed by atoms with van der Waals surface area (Å²) in [5.74, 6) is 0.549. The van der Waals surface area contributed by atoms with Gasteiger partial charge in [0.2, 0.25) is 0 Å². The van der Waals surface area contributed by atoms with Gasteiger partial charge in [-0.15, -0.1) is 0 Å². The normalized spacial score (nSPS) is 10.7. The van der Waals surface area contributed by atoms with Crippen LogP contribution in [0.15, 0.2) is 78.9 Å². The molecule has 0 amide bonds. The van der Waals surface area contributed by atoms with Gasteiger partial charge in [0, 0.05) is 17.0 Å². The summed E-state index contributed by atoms with van der Waals surface area (Å²) in [6.45, 7) is 0. The van der Waals surface area contributed by atoms with Crippen LogP contribution < -0.4 is 0 Å². The van der Waals surface area contributed by atoms with Crippen LogP contribution in [0.2, 0.25) is 0 Å². The molecule has 120 valence electrons. The number of para-hydroxylation sites is 2. The third-order valence-corrected chi connectivity index (χ3v) is 3.99. The molecule has 0 N–H and O–H groups in total. The summed E-state index contributed by atoms with van der Waals surface area (Å²) in [6.07, 6.45) is 0. The Bertz CT molecular complexity index is 1080. The van der Waals surface area contributed by atoms with E-state index in [2.05, 4.69) is 9.97 Å². The zero-order valence-electron chi connectivity index (χ0n) is 13.2. The highest BCUT2D eigenvalue weighted by Crippen LogP contribution is 2.34. The lowest BCUT2D eigenvalue weighted by molar-refractivity contribution is -0.384. The van der Waals surface area contributed by atoms with Crippen LogP contribution in [0.5, 0.6) is 0 Å². The molecule has 0 aliphatic heterocycles. The second kappa shape index (κ2) is 6.13. The second-order valence-corrected chi connectivity index (χ2v) is 5.55. The van der Waals surface area contributed by atoms with Crippen LogP contribution in [0.1, 0.15) is 0 Å². The molecule has 4 rings (SSSR count). The van der Waals surface area contributed by atoms with Crippen molar-refractivity contribution in [1.82, 2.24) is 9.97 Å². The van der Waals surface area contributed by atoms with Crippen molar-refractivity contribution in [3.05, 3.63) is 89.0 Å². The summed E-state index contributed by atoms with van der Waals surface area (Å²) in [4.78, 5) is 20.4. The van der Waals surface area contributed by atoms with Crippen molar-refractivity contribution >= 4 is 16.6 Å². The fourth-order valence-electron chi connectivity index (χ4n) is 2.83. The van der Waals surface area contributed by atoms with E-state index in [1.807, 2.05) is 54.6 Å². The number of hydrogen-bond acceptors (Lipinski definition) is 4. The number of aromatic nitrogens is 2. The van der Waals surface area contributed by atoms with Gasteiger partial charge in [0.15, 0.2) is 5.82 Å². The SMILES string of the molecule is O=[N+]([O-])c1ccccc1-c1nc(-c2ccccc2)nc2ccccc12. The number of rotatable bonds is 3. The van der Waals surface area contributed by atoms with Gasteiger partial charge in [0.25, 0.3) is 5.69 Å². The van der Waals surface area contributed by atoms with Crippen LogP contribution in [0, 0.1) is 10.1 Å². The van der Waals surface area contributed by atoms with Gasteiger partial charge in [-0.05, 0) is 12.1 Å². The number of nitro benzene ring substituents is 1. The standard InChI is InChI=1S/C20H13N3O2/c24-23(25)18-13-7-5-11-16(18)19-15-10-4-6-12-17(15)21-20(22-19)14-8-2-1-3-9-14/h1-13H. The quantitative estimate of drug-likeness (QED) is 0.397. The first-order valence-corrected chi connectivity index (χ1v) is 7.80. The van der Waals surface area contributed by atoms with Gasteiger partial charge in [-0.2, -0.15) is 0 Å². The number of hydrogen-bond donors (Lipinski definition) is 0. The van der Waals surface area contributed by atoms with Gasteiger partial charge < -0.3 is 0 Å². The molecule has 0 bridgehead atoms. The summed E-state index contributed by atoms with van der Waals surface area (Å²) < 4.78 is 0. The minimum absolute atomic E-state index is 0.0327. The van der Waals surface area contributed by atoms with E-state index in [1.54, 1.807) is 18.2 Å². The maximum Gasteiger partial charge on any atom is 0.278 e. The van der Waals surface area contributed by atoms with Gasteiger partial charge in [-0.3, -0.25) is 10.1 Å². The zero-order valence-corrected chi connectivity index (χ0v) is 13.2. The number of benzene rings is 3. The highest BCUT2D eigenvalue weighted by atomic mass is 16.6. The molecular weight excluding hydrogens is 314 g/mol. The first kappa shape index (κ1) is 15.0. The molecule has 3 aromatic carbocycles. The van der Waals surface area contributed by atoms with E-state index >= 15 is 0 Å². The van der Waals surface area contributed by atoms with Crippen molar-refractivity contribution in [2.24, 2.45) is 0 Å². The molecule has 5 heteroatoms. The van der Waals surface area contributed by atoms with Crippen molar-refractivity contribution in [2.75, 3.05) is 0 Å². The van der Waals surface area contributed by atoms with Crippen LogP contribution in [0.25, 0.3) is 33.5 Å². The molecule has 0 fully saturated rings. The minimum Gasteiger partial charge on any atom is -0.258 e. The molecule has 0 saturated heterocycles. The Labute approximate surface area is 143 Å². The van der Waals surface area contributed by atoms with Crippen molar-refractivity contribution in [2.45, 2.75) is 0 Å². The molecule has 1 aromatic heterocycles. The smallest absolute Gasteiger partial charge is 0.258 e. The van der Waals surface area contributed by atoms with Crippen LogP contribution in [0.4, 0.5) is 5.69 Å². The fourth-order valence-corrected chi connectivity index (χ4v) is 2.83. The molecule has 0 atom stereocenters. The minimum atomic E-state index is -0.381. The Hall–Kier alpha value is -3.60. The van der Waals surface area contributed by atoms with E-state index in [0.717, 1.165) is 16.5 Å². The number of nitro groups is 1. The zero-order chi connectivity index (χ0) is 17.2. The monoisotopic (exact) mass is 327 g/mol. The summed E-state index contributed by atoms with van der Waals surface area (Å²) in [5.41, 5.74) is 2.71. The van der Waals surface area contributed by atoms with E-state index in [0.29, 0.717) is 17.1 Å². The van der Waals surface area contributed by atoms with Crippen molar-refractivity contribution < 1.29 is 4.92 Å². The van der Waals surface area contributed by atoms with Crippen molar-refractivity contribution in [3.8, 4) is 22.6 Å². The Kier molecular flexibility index (Phi) is 3.67. The van der Waals surface area contributed by atoms with Gasteiger partial charge in [0.05, 0.1) is 21.7 Å². The third kappa shape index (κ3) is 2.72. The highest BCUT2D eigenvalue weighted by Gasteiger charge is 2.19. The van der Waals surface area contributed by atoms with Crippen LogP contribution in [0.3, 0.4) is 0 Å². The molecule has 0 aliphatic carbocycles. The van der Waals surface area contributed by atoms with E-state index in [-0.39, 0.29) is 10.6 Å². The Morgan fingerprint density at radius 1 is 0.760 bits per heavy atom. The lowest BCUT2D eigenvalue weighted by atomic mass is 10.0. The molecule has 0 radical (unpaired) electrons. The molecule has 0 unspecified atom stereocenters. The average Bonchev–Trinajstić information content (AvgIpc) is 2.68. The lowest BCUT2D eigenvalue weighted by Crippen LogP contribution is -1.98. The van der Waals surface area contributed by atoms with E-state index in [1.165, 1.54) is 6.07 Å². The van der Waals surface area contributed by atoms with Crippen molar-refractivity contribution in [3.63, 3.8) is 0 Å². The van der Waals surface area contributed by atoms with Gasteiger partial charge in [-0.25, -0.2) is 9.97 Å². The molecule has 5 nitrogen and oxygen atoms in total. The second-order valence-electron chi connectivity index (χ2n) is 5.55. The Balaban J connectivity index is 2.05. The molecule has 1 heterocycles. The molecule has 0 spiro atoms. The van der Waals surface area contributed by atoms with Gasteiger partial charge >= 0.3 is 0 Å². The third-order valence-electron chi connectivity index (χ3n) is 3.99. The lowest BCUT2D eigenvalue weighted by Gasteiger charge is -2.09. The maximum absolute atomic E-state index is 11.4. The first-order valence-electron chi connectivity index (χ1n) is 7.80. The molecule has 25 heavy (non-hydrogen) atoms. The first-order chi connectivity index (χ1) is 12.2. The average molecular weight is 327 g/mol. The number of fused-ring (bicyclic) bond motifs is 1. The van der Waals surface area contributed by atoms with Gasteiger partial charge in [-0.1, -0.05) is 60.7 Å². The van der Waals surface area contributed by atoms with E-state index < -0.39 is 0 Å². The summed E-state index contributed by atoms with van der Waals surface area (Å²) >= 11 is 0. The predicted molar refractivity (Wildman–Crippen MR) is 97.1 cm³/mol.